The second-order valence-electron chi connectivity index (χ2n) is 10.7. The van der Waals surface area contributed by atoms with E-state index in [0.717, 1.165) is 74.9 Å². The van der Waals surface area contributed by atoms with Gasteiger partial charge >= 0.3 is 0 Å². The maximum atomic E-state index is 12.7. The molecule has 0 spiro atoms. The van der Waals surface area contributed by atoms with Gasteiger partial charge in [0.2, 0.25) is 5.91 Å². The Balaban J connectivity index is 1.04. The zero-order valence-electron chi connectivity index (χ0n) is 18.9. The topological polar surface area (TPSA) is 70.8 Å². The van der Waals surface area contributed by atoms with Gasteiger partial charge in [-0.05, 0) is 73.8 Å². The molecule has 3 N–H and O–H groups in total. The minimum Gasteiger partial charge on any atom is -0.495 e. The first kappa shape index (κ1) is 20.9. The third-order valence-electron chi connectivity index (χ3n) is 8.41. The van der Waals surface area contributed by atoms with E-state index in [4.69, 9.17) is 10.5 Å². The summed E-state index contributed by atoms with van der Waals surface area (Å²) in [5, 5.41) is 3.24. The van der Waals surface area contributed by atoms with Crippen LogP contribution in [0.5, 0.6) is 5.75 Å². The first-order valence-electron chi connectivity index (χ1n) is 12.2. The molecule has 1 aromatic carbocycles. The average molecular weight is 427 g/mol. The number of nitrogens with one attached hydrogen (secondary N) is 1. The van der Waals surface area contributed by atoms with Crippen LogP contribution in [0.15, 0.2) is 18.2 Å². The van der Waals surface area contributed by atoms with Crippen LogP contribution in [-0.2, 0) is 4.79 Å². The van der Waals surface area contributed by atoms with Crippen molar-refractivity contribution < 1.29 is 9.53 Å². The minimum atomic E-state index is 0.287. The van der Waals surface area contributed by atoms with Crippen molar-refractivity contribution in [2.45, 2.75) is 44.9 Å². The van der Waals surface area contributed by atoms with Crippen molar-refractivity contribution in [1.29, 1.82) is 0 Å². The number of rotatable bonds is 7. The molecular weight excluding hydrogens is 388 g/mol. The van der Waals surface area contributed by atoms with Crippen LogP contribution in [0.25, 0.3) is 0 Å². The molecule has 1 aliphatic heterocycles. The highest BCUT2D eigenvalue weighted by atomic mass is 16.5. The van der Waals surface area contributed by atoms with Crippen molar-refractivity contribution in [3.05, 3.63) is 18.2 Å². The summed E-state index contributed by atoms with van der Waals surface area (Å²) in [4.78, 5) is 17.6. The number of carbonyl (C=O) groups is 1. The fourth-order valence-corrected chi connectivity index (χ4v) is 7.39. The standard InChI is InChI=1S/C25H38N4O2/c1-31-23-13-21(2-3-22(23)26)29-8-6-28(7-9-29)5-4-27-24(30)17-25-14-18-10-19(15-25)12-20(11-18)16-25/h2-3,13,18-20H,4-12,14-17,26H2,1H3,(H,27,30). The van der Waals surface area contributed by atoms with Crippen molar-refractivity contribution in [2.24, 2.45) is 23.2 Å². The van der Waals surface area contributed by atoms with E-state index in [0.29, 0.717) is 11.1 Å². The van der Waals surface area contributed by atoms with E-state index in [2.05, 4.69) is 21.2 Å². The van der Waals surface area contributed by atoms with Crippen molar-refractivity contribution in [3.63, 3.8) is 0 Å². The van der Waals surface area contributed by atoms with E-state index < -0.39 is 0 Å². The summed E-state index contributed by atoms with van der Waals surface area (Å²) >= 11 is 0. The molecule has 170 valence electrons. The van der Waals surface area contributed by atoms with E-state index in [1.54, 1.807) is 7.11 Å². The number of nitrogens with two attached hydrogens (primary N) is 1. The SMILES string of the molecule is COc1cc(N2CCN(CCNC(=O)CC34CC5CC(CC(C5)C3)C4)CC2)ccc1N. The lowest BCUT2D eigenvalue weighted by Crippen LogP contribution is -2.50. The second kappa shape index (κ2) is 8.53. The summed E-state index contributed by atoms with van der Waals surface area (Å²) in [7, 11) is 1.66. The van der Waals surface area contributed by atoms with Crippen LogP contribution in [0.3, 0.4) is 0 Å². The monoisotopic (exact) mass is 426 g/mol. The fraction of sp³-hybridized carbons (Fsp3) is 0.720. The molecular formula is C25H38N4O2. The Hall–Kier alpha value is -1.95. The predicted octanol–water partition coefficient (Wildman–Crippen LogP) is 3.12. The number of hydrogen-bond donors (Lipinski definition) is 2. The highest BCUT2D eigenvalue weighted by Gasteiger charge is 2.51. The van der Waals surface area contributed by atoms with Gasteiger partial charge < -0.3 is 20.7 Å². The van der Waals surface area contributed by atoms with Crippen LogP contribution in [0, 0.1) is 23.2 Å². The molecule has 4 bridgehead atoms. The van der Waals surface area contributed by atoms with Gasteiger partial charge in [0.25, 0.3) is 0 Å². The lowest BCUT2D eigenvalue weighted by atomic mass is 9.49. The molecule has 6 rings (SSSR count). The number of nitrogen functional groups attached to an aromatic ring is 1. The Morgan fingerprint density at radius 1 is 1.10 bits per heavy atom. The summed E-state index contributed by atoms with van der Waals surface area (Å²) in [6.45, 7) is 5.68. The van der Waals surface area contributed by atoms with Gasteiger partial charge in [0.15, 0.2) is 0 Å². The molecule has 1 heterocycles. The van der Waals surface area contributed by atoms with Gasteiger partial charge in [-0.25, -0.2) is 0 Å². The highest BCUT2D eigenvalue weighted by molar-refractivity contribution is 5.76. The van der Waals surface area contributed by atoms with Crippen LogP contribution in [0.2, 0.25) is 0 Å². The highest BCUT2D eigenvalue weighted by Crippen LogP contribution is 2.61. The van der Waals surface area contributed by atoms with Gasteiger partial charge in [0.05, 0.1) is 12.8 Å². The maximum Gasteiger partial charge on any atom is 0.220 e. The zero-order chi connectivity index (χ0) is 21.4. The van der Waals surface area contributed by atoms with Crippen LogP contribution in [0.1, 0.15) is 44.9 Å². The number of nitrogens with zero attached hydrogens (tertiary/aromatic N) is 2. The second-order valence-corrected chi connectivity index (χ2v) is 10.7. The number of carbonyl (C=O) groups excluding carboxylic acids is 1. The average Bonchev–Trinajstić information content (AvgIpc) is 2.73. The maximum absolute atomic E-state index is 12.7. The van der Waals surface area contributed by atoms with Crippen LogP contribution >= 0.6 is 0 Å². The molecule has 5 fully saturated rings. The van der Waals surface area contributed by atoms with E-state index in [1.165, 1.54) is 38.5 Å². The van der Waals surface area contributed by atoms with Gasteiger partial charge in [-0.2, -0.15) is 0 Å². The van der Waals surface area contributed by atoms with Crippen molar-refractivity contribution in [2.75, 3.05) is 57.0 Å². The molecule has 1 saturated heterocycles. The Kier molecular flexibility index (Phi) is 5.76. The van der Waals surface area contributed by atoms with Crippen molar-refractivity contribution in [1.82, 2.24) is 10.2 Å². The molecule has 1 amide bonds. The number of amides is 1. The third kappa shape index (κ3) is 4.50. The first-order chi connectivity index (χ1) is 15.0. The molecule has 0 aromatic heterocycles. The van der Waals surface area contributed by atoms with Crippen LogP contribution < -0.4 is 20.7 Å². The molecule has 5 aliphatic rings. The molecule has 6 nitrogen and oxygen atoms in total. The Morgan fingerprint density at radius 3 is 2.35 bits per heavy atom. The van der Waals surface area contributed by atoms with Crippen LogP contribution in [-0.4, -0.2) is 57.2 Å². The lowest BCUT2D eigenvalue weighted by Gasteiger charge is -2.56. The molecule has 4 aliphatic carbocycles. The quantitative estimate of drug-likeness (QED) is 0.656. The Labute approximate surface area is 186 Å². The largest absolute Gasteiger partial charge is 0.495 e. The fourth-order valence-electron chi connectivity index (χ4n) is 7.39. The van der Waals surface area contributed by atoms with Gasteiger partial charge in [-0.3, -0.25) is 9.69 Å². The summed E-state index contributed by atoms with van der Waals surface area (Å²) in [5.41, 5.74) is 8.11. The van der Waals surface area contributed by atoms with Crippen LogP contribution in [0.4, 0.5) is 11.4 Å². The van der Waals surface area contributed by atoms with Crippen molar-refractivity contribution in [3.8, 4) is 5.75 Å². The van der Waals surface area contributed by atoms with Crippen molar-refractivity contribution >= 4 is 17.3 Å². The minimum absolute atomic E-state index is 0.287. The number of hydrogen-bond acceptors (Lipinski definition) is 5. The molecule has 0 radical (unpaired) electrons. The van der Waals surface area contributed by atoms with Gasteiger partial charge in [-0.15, -0.1) is 0 Å². The molecule has 0 unspecified atom stereocenters. The third-order valence-corrected chi connectivity index (χ3v) is 8.41. The number of methoxy groups -OCH3 is 1. The summed E-state index contributed by atoms with van der Waals surface area (Å²) in [6, 6.07) is 6.01. The first-order valence-corrected chi connectivity index (χ1v) is 12.2. The van der Waals surface area contributed by atoms with E-state index in [-0.39, 0.29) is 5.91 Å². The predicted molar refractivity (Wildman–Crippen MR) is 124 cm³/mol. The molecule has 0 atom stereocenters. The lowest BCUT2D eigenvalue weighted by molar-refractivity contribution is -0.129. The molecule has 4 saturated carbocycles. The zero-order valence-corrected chi connectivity index (χ0v) is 18.9. The molecule has 31 heavy (non-hydrogen) atoms. The number of benzene rings is 1. The Bertz CT molecular complexity index is 767. The van der Waals surface area contributed by atoms with Gasteiger partial charge in [0.1, 0.15) is 5.75 Å². The number of anilines is 2. The van der Waals surface area contributed by atoms with Gasteiger partial charge in [0, 0.05) is 57.4 Å². The normalized spacial score (nSPS) is 32.3. The molecule has 6 heteroatoms. The van der Waals surface area contributed by atoms with E-state index >= 15 is 0 Å². The molecule has 1 aromatic rings. The number of piperazine rings is 1. The number of ether oxygens (including phenoxy) is 1. The summed E-state index contributed by atoms with van der Waals surface area (Å²) in [6.07, 6.45) is 9.02. The Morgan fingerprint density at radius 2 is 1.74 bits per heavy atom. The van der Waals surface area contributed by atoms with E-state index in [9.17, 15) is 4.79 Å². The van der Waals surface area contributed by atoms with Gasteiger partial charge in [-0.1, -0.05) is 0 Å². The summed E-state index contributed by atoms with van der Waals surface area (Å²) in [5.74, 6) is 3.76. The van der Waals surface area contributed by atoms with E-state index in [1.807, 2.05) is 12.1 Å². The smallest absolute Gasteiger partial charge is 0.220 e. The summed E-state index contributed by atoms with van der Waals surface area (Å²) < 4.78 is 5.36.